The lowest BCUT2D eigenvalue weighted by molar-refractivity contribution is 0.181. The summed E-state index contributed by atoms with van der Waals surface area (Å²) in [5.74, 6) is 1.37. The summed E-state index contributed by atoms with van der Waals surface area (Å²) in [5.41, 5.74) is 4.53. The Morgan fingerprint density at radius 3 is 2.13 bits per heavy atom. The fraction of sp³-hybridized carbons (Fsp3) is 0.200. The first-order valence-electron chi connectivity index (χ1n) is 10.4. The van der Waals surface area contributed by atoms with Crippen LogP contribution in [0.3, 0.4) is 0 Å². The Labute approximate surface area is 185 Å². The lowest BCUT2D eigenvalue weighted by atomic mass is 10.2. The van der Waals surface area contributed by atoms with Crippen LogP contribution >= 0.6 is 11.8 Å². The van der Waals surface area contributed by atoms with Crippen molar-refractivity contribution in [3.05, 3.63) is 84.2 Å². The number of aromatic nitrogens is 4. The maximum atomic E-state index is 10.9. The molecule has 156 valence electrons. The first-order valence-corrected chi connectivity index (χ1v) is 11.4. The Kier molecular flexibility index (Phi) is 5.26. The second-order valence-corrected chi connectivity index (χ2v) is 8.75. The molecule has 0 aliphatic heterocycles. The minimum Gasteiger partial charge on any atom is -0.390 e. The number of aliphatic hydroxyl groups is 1. The van der Waals surface area contributed by atoms with E-state index in [0.717, 1.165) is 33.3 Å². The second-order valence-electron chi connectivity index (χ2n) is 7.76. The van der Waals surface area contributed by atoms with Crippen molar-refractivity contribution >= 4 is 33.6 Å². The van der Waals surface area contributed by atoms with E-state index in [-0.39, 0.29) is 0 Å². The Morgan fingerprint density at radius 2 is 1.45 bits per heavy atom. The van der Waals surface area contributed by atoms with Gasteiger partial charge in [-0.15, -0.1) is 10.2 Å². The molecule has 0 unspecified atom stereocenters. The maximum Gasteiger partial charge on any atom is 0.195 e. The average Bonchev–Trinajstić information content (AvgIpc) is 3.31. The van der Waals surface area contributed by atoms with E-state index in [4.69, 9.17) is 0 Å². The van der Waals surface area contributed by atoms with Crippen molar-refractivity contribution < 1.29 is 5.11 Å². The van der Waals surface area contributed by atoms with Crippen molar-refractivity contribution in [1.82, 2.24) is 19.3 Å². The third-order valence-corrected chi connectivity index (χ3v) is 6.70. The van der Waals surface area contributed by atoms with Gasteiger partial charge in [0.2, 0.25) is 0 Å². The molecule has 0 saturated heterocycles. The summed E-state index contributed by atoms with van der Waals surface area (Å²) in [4.78, 5) is 0. The topological polar surface area (TPSA) is 55.9 Å². The molecular formula is C25H24N4OS. The quantitative estimate of drug-likeness (QED) is 0.380. The van der Waals surface area contributed by atoms with Crippen LogP contribution in [0.4, 0.5) is 0 Å². The Balaban J connectivity index is 1.40. The summed E-state index contributed by atoms with van der Waals surface area (Å²) in [6.07, 6.45) is -0.522. The number of benzene rings is 3. The number of para-hydroxylation sites is 3. The normalized spacial score (nSPS) is 12.6. The monoisotopic (exact) mass is 428 g/mol. The van der Waals surface area contributed by atoms with E-state index in [1.165, 1.54) is 22.5 Å². The van der Waals surface area contributed by atoms with E-state index in [1.807, 2.05) is 31.2 Å². The number of aryl methyl sites for hydroxylation is 2. The smallest absolute Gasteiger partial charge is 0.195 e. The van der Waals surface area contributed by atoms with Gasteiger partial charge < -0.3 is 9.67 Å². The van der Waals surface area contributed by atoms with Gasteiger partial charge in [-0.1, -0.05) is 66.4 Å². The molecule has 5 aromatic rings. The Morgan fingerprint density at radius 1 is 0.839 bits per heavy atom. The largest absolute Gasteiger partial charge is 0.390 e. The predicted molar refractivity (Wildman–Crippen MR) is 127 cm³/mol. The molecule has 31 heavy (non-hydrogen) atoms. The number of nitrogens with zero attached hydrogens (tertiary/aromatic N) is 4. The molecule has 1 N–H and O–H groups in total. The summed E-state index contributed by atoms with van der Waals surface area (Å²) >= 11 is 1.54. The lowest BCUT2D eigenvalue weighted by Gasteiger charge is -2.15. The van der Waals surface area contributed by atoms with E-state index < -0.39 is 6.10 Å². The van der Waals surface area contributed by atoms with E-state index in [9.17, 15) is 5.11 Å². The zero-order chi connectivity index (χ0) is 21.4. The van der Waals surface area contributed by atoms with Gasteiger partial charge >= 0.3 is 0 Å². The molecule has 0 bridgehead atoms. The van der Waals surface area contributed by atoms with Crippen LogP contribution in [-0.4, -0.2) is 36.3 Å². The summed E-state index contributed by atoms with van der Waals surface area (Å²) in [6.45, 7) is 4.57. The molecule has 5 nitrogen and oxygen atoms in total. The predicted octanol–water partition coefficient (Wildman–Crippen LogP) is 5.15. The van der Waals surface area contributed by atoms with Gasteiger partial charge in [0.05, 0.1) is 18.3 Å². The lowest BCUT2D eigenvalue weighted by Crippen LogP contribution is -2.18. The second kappa shape index (κ2) is 8.21. The zero-order valence-corrected chi connectivity index (χ0v) is 18.4. The van der Waals surface area contributed by atoms with Crippen LogP contribution in [0.25, 0.3) is 27.5 Å². The third-order valence-electron chi connectivity index (χ3n) is 5.63. The van der Waals surface area contributed by atoms with E-state index in [1.54, 1.807) is 0 Å². The first kappa shape index (κ1) is 19.8. The minimum absolute atomic E-state index is 0.522. The van der Waals surface area contributed by atoms with Gasteiger partial charge in [-0.05, 0) is 37.6 Å². The average molecular weight is 429 g/mol. The molecule has 1 atom stereocenters. The first-order chi connectivity index (χ1) is 15.1. The van der Waals surface area contributed by atoms with E-state index in [2.05, 4.69) is 74.8 Å². The van der Waals surface area contributed by atoms with Crippen molar-refractivity contribution in [2.75, 3.05) is 5.75 Å². The van der Waals surface area contributed by atoms with Gasteiger partial charge in [0.25, 0.3) is 0 Å². The number of rotatable bonds is 6. The number of thioether (sulfide) groups is 1. The van der Waals surface area contributed by atoms with Crippen LogP contribution in [0, 0.1) is 13.8 Å². The number of fused-ring (bicyclic) bond motifs is 3. The van der Waals surface area contributed by atoms with Crippen molar-refractivity contribution in [3.63, 3.8) is 0 Å². The molecule has 2 aromatic heterocycles. The molecule has 0 saturated carbocycles. The van der Waals surface area contributed by atoms with Gasteiger partial charge in [0.15, 0.2) is 5.16 Å². The van der Waals surface area contributed by atoms with Crippen molar-refractivity contribution in [3.8, 4) is 5.69 Å². The fourth-order valence-corrected chi connectivity index (χ4v) is 5.07. The van der Waals surface area contributed by atoms with Crippen LogP contribution < -0.4 is 0 Å². The summed E-state index contributed by atoms with van der Waals surface area (Å²) in [6, 6.07) is 24.9. The van der Waals surface area contributed by atoms with Gasteiger partial charge in [-0.25, -0.2) is 0 Å². The molecule has 2 heterocycles. The molecule has 0 amide bonds. The molecule has 0 radical (unpaired) electrons. The minimum atomic E-state index is -0.522. The van der Waals surface area contributed by atoms with Gasteiger partial charge in [-0.2, -0.15) is 0 Å². The van der Waals surface area contributed by atoms with Crippen LogP contribution in [0.2, 0.25) is 0 Å². The highest BCUT2D eigenvalue weighted by Crippen LogP contribution is 2.30. The van der Waals surface area contributed by atoms with Gasteiger partial charge in [0, 0.05) is 27.6 Å². The SMILES string of the molecule is Cc1ccccc1-n1c(C)nnc1SC[C@H](O)Cn1c2ccccc2c2ccccc21. The summed E-state index contributed by atoms with van der Waals surface area (Å²) in [5, 5.41) is 22.8. The maximum absolute atomic E-state index is 10.9. The number of hydrogen-bond acceptors (Lipinski definition) is 4. The molecule has 3 aromatic carbocycles. The molecule has 0 aliphatic rings. The number of hydrogen-bond donors (Lipinski definition) is 1. The fourth-order valence-electron chi connectivity index (χ4n) is 4.16. The highest BCUT2D eigenvalue weighted by atomic mass is 32.2. The molecular weight excluding hydrogens is 404 g/mol. The molecule has 5 rings (SSSR count). The summed E-state index contributed by atoms with van der Waals surface area (Å²) in [7, 11) is 0. The molecule has 0 spiro atoms. The van der Waals surface area contributed by atoms with Crippen LogP contribution in [-0.2, 0) is 6.54 Å². The van der Waals surface area contributed by atoms with Crippen molar-refractivity contribution in [2.24, 2.45) is 0 Å². The molecule has 6 heteroatoms. The highest BCUT2D eigenvalue weighted by molar-refractivity contribution is 7.99. The highest BCUT2D eigenvalue weighted by Gasteiger charge is 2.17. The van der Waals surface area contributed by atoms with E-state index in [0.29, 0.717) is 12.3 Å². The molecule has 0 fully saturated rings. The Hall–Kier alpha value is -3.09. The van der Waals surface area contributed by atoms with Crippen LogP contribution in [0.1, 0.15) is 11.4 Å². The zero-order valence-electron chi connectivity index (χ0n) is 17.6. The summed E-state index contributed by atoms with van der Waals surface area (Å²) < 4.78 is 4.28. The Bertz CT molecular complexity index is 1320. The van der Waals surface area contributed by atoms with Gasteiger partial charge in [-0.3, -0.25) is 4.57 Å². The van der Waals surface area contributed by atoms with Crippen molar-refractivity contribution in [2.45, 2.75) is 31.7 Å². The van der Waals surface area contributed by atoms with E-state index >= 15 is 0 Å². The number of aliphatic hydroxyl groups excluding tert-OH is 1. The van der Waals surface area contributed by atoms with Crippen molar-refractivity contribution in [1.29, 1.82) is 0 Å². The van der Waals surface area contributed by atoms with Crippen LogP contribution in [0.15, 0.2) is 78.0 Å². The standard InChI is InChI=1S/C25H24N4OS/c1-17-9-3-6-12-22(17)29-18(2)26-27-25(29)31-16-19(30)15-28-23-13-7-4-10-20(23)21-11-5-8-14-24(21)28/h3-14,19,30H,15-16H2,1-2H3/t19-/m1/s1. The molecule has 0 aliphatic carbocycles. The van der Waals surface area contributed by atoms with Gasteiger partial charge in [0.1, 0.15) is 5.82 Å². The van der Waals surface area contributed by atoms with Crippen LogP contribution in [0.5, 0.6) is 0 Å². The third kappa shape index (κ3) is 3.62.